The number of hydrogen-bond donors (Lipinski definition) is 2. The SMILES string of the molecule is NC1CCN(Cc2ccc3cncc(-c4ccc(CC(=O)Cc5ccc(Cl)cc5)cc4)c3c2)CC1.Nc1ccc(-c2cncc3ccc(CN4CCC(C[B]C=O)CC4)cc23)cc1.O=C[B]CC1CCN(Cc2ccc3cncc(-c4ccc(CC(=O)Cc5ccc(Cl)cc5)cc4)c3c2)CC1. The van der Waals surface area contributed by atoms with Crippen molar-refractivity contribution in [1.29, 1.82) is 0 Å². The number of nitrogens with two attached hydrogens (primary N) is 2. The predicted octanol–water partition coefficient (Wildman–Crippen LogP) is 16.3. The molecule has 14 rings (SSSR count). The minimum atomic E-state index is 0.183. The molecule has 4 N–H and O–H groups in total. The van der Waals surface area contributed by atoms with Gasteiger partial charge in [-0.05, 0) is 216 Å². The lowest BCUT2D eigenvalue weighted by Crippen LogP contribution is -2.39. The minimum absolute atomic E-state index is 0.183. The average Bonchev–Trinajstić information content (AvgIpc) is 0.812. The van der Waals surface area contributed by atoms with Crippen molar-refractivity contribution in [3.05, 3.63) is 262 Å². The number of fused-ring (bicyclic) bond motifs is 3. The van der Waals surface area contributed by atoms with Gasteiger partial charge in [-0.1, -0.05) is 157 Å². The second kappa shape index (κ2) is 35.6. The maximum absolute atomic E-state index is 12.6. The smallest absolute Gasteiger partial charge is 0.197 e. The zero-order chi connectivity index (χ0) is 69.9. The summed E-state index contributed by atoms with van der Waals surface area (Å²) in [4.78, 5) is 67.2. The van der Waals surface area contributed by atoms with Gasteiger partial charge >= 0.3 is 0 Å². The van der Waals surface area contributed by atoms with Gasteiger partial charge in [-0.2, -0.15) is 0 Å². The zero-order valence-corrected chi connectivity index (χ0v) is 58.8. The first-order valence-electron chi connectivity index (χ1n) is 35.5. The number of pyridine rings is 3. The highest BCUT2D eigenvalue weighted by Crippen LogP contribution is 2.34. The zero-order valence-electron chi connectivity index (χ0n) is 57.3. The van der Waals surface area contributed by atoms with Gasteiger partial charge in [-0.3, -0.25) is 39.2 Å². The molecule has 16 heteroatoms. The summed E-state index contributed by atoms with van der Waals surface area (Å²) in [5.74, 6) is 1.65. The molecule has 0 bridgehead atoms. The van der Waals surface area contributed by atoms with E-state index in [1.54, 1.807) is 14.6 Å². The number of hydrogen-bond acceptors (Lipinski definition) is 12. The van der Waals surface area contributed by atoms with Crippen LogP contribution in [0.3, 0.4) is 0 Å². The van der Waals surface area contributed by atoms with Gasteiger partial charge in [0, 0.05) is 137 Å². The molecule has 3 aliphatic heterocycles. The fraction of sp³-hybridized carbons (Fsp3) is 0.282. The largest absolute Gasteiger partial charge is 0.399 e. The van der Waals surface area contributed by atoms with Crippen LogP contribution in [0.1, 0.15) is 77.5 Å². The highest BCUT2D eigenvalue weighted by Gasteiger charge is 2.23. The summed E-state index contributed by atoms with van der Waals surface area (Å²) in [6.45, 7) is 9.26. The summed E-state index contributed by atoms with van der Waals surface area (Å²) < 4.78 is 0. The van der Waals surface area contributed by atoms with Gasteiger partial charge in [0.25, 0.3) is 0 Å². The van der Waals surface area contributed by atoms with Gasteiger partial charge < -0.3 is 21.1 Å². The predicted molar refractivity (Wildman–Crippen MR) is 417 cm³/mol. The summed E-state index contributed by atoms with van der Waals surface area (Å²) in [5.41, 5.74) is 27.3. The van der Waals surface area contributed by atoms with Crippen LogP contribution in [0.25, 0.3) is 65.7 Å². The van der Waals surface area contributed by atoms with Crippen LogP contribution in [0, 0.1) is 11.8 Å². The van der Waals surface area contributed by atoms with Crippen molar-refractivity contribution < 1.29 is 19.2 Å². The molecule has 12 nitrogen and oxygen atoms in total. The van der Waals surface area contributed by atoms with Crippen LogP contribution < -0.4 is 11.5 Å². The maximum atomic E-state index is 12.6. The minimum Gasteiger partial charge on any atom is -0.399 e. The first kappa shape index (κ1) is 71.8. The number of likely N-dealkylation sites (tertiary alicyclic amines) is 3. The molecule has 0 saturated carbocycles. The van der Waals surface area contributed by atoms with Crippen LogP contribution in [-0.2, 0) is 64.5 Å². The molecule has 8 aromatic carbocycles. The topological polar surface area (TPSA) is 169 Å². The van der Waals surface area contributed by atoms with E-state index >= 15 is 0 Å². The molecular formula is C85H86B2Cl2N8O4. The first-order valence-corrected chi connectivity index (χ1v) is 36.2. The van der Waals surface area contributed by atoms with E-state index < -0.39 is 0 Å². The molecule has 2 radical (unpaired) electrons. The number of carbonyl (C=O) groups excluding carboxylic acids is 4. The Hall–Kier alpha value is -8.98. The van der Waals surface area contributed by atoms with Gasteiger partial charge in [0.1, 0.15) is 11.6 Å². The Kier molecular flexibility index (Phi) is 25.3. The molecule has 3 aromatic heterocycles. The molecule has 3 fully saturated rings. The lowest BCUT2D eigenvalue weighted by Gasteiger charge is -2.31. The van der Waals surface area contributed by atoms with Crippen LogP contribution in [0.2, 0.25) is 22.7 Å². The lowest BCUT2D eigenvalue weighted by molar-refractivity contribution is -0.118. The third-order valence-electron chi connectivity index (χ3n) is 20.1. The average molecular weight is 1380 g/mol. The number of halogens is 2. The number of carbonyl (C=O) groups is 4. The Morgan fingerprint density at radius 1 is 0.396 bits per heavy atom. The van der Waals surface area contributed by atoms with Gasteiger partial charge in [0.05, 0.1) is 12.4 Å². The fourth-order valence-corrected chi connectivity index (χ4v) is 14.5. The van der Waals surface area contributed by atoms with Crippen molar-refractivity contribution in [2.24, 2.45) is 17.6 Å². The molecule has 0 spiro atoms. The molecule has 101 heavy (non-hydrogen) atoms. The van der Waals surface area contributed by atoms with E-state index in [1.807, 2.05) is 110 Å². The number of benzene rings is 8. The van der Waals surface area contributed by atoms with Crippen molar-refractivity contribution in [1.82, 2.24) is 29.7 Å². The Morgan fingerprint density at radius 2 is 0.683 bits per heavy atom. The van der Waals surface area contributed by atoms with Crippen molar-refractivity contribution in [3.63, 3.8) is 0 Å². The fourth-order valence-electron chi connectivity index (χ4n) is 14.3. The number of ketones is 2. The van der Waals surface area contributed by atoms with Gasteiger partial charge in [0.15, 0.2) is 14.6 Å². The Morgan fingerprint density at radius 3 is 1.00 bits per heavy atom. The standard InChI is InChI=1S/C32H31BClN2O2.C30H30ClN3O.C23H25BN3O/c34-29-9-4-24(5-10-29)16-30(38)15-23-1-6-27(7-2-23)32-20-35-19-28-8-3-26(17-31(28)32)21-36-13-11-25(12-14-36)18-33-22-37;31-26-9-4-22(5-10-26)16-28(35)15-21-1-6-24(7-2-21)30-19-33-18-25-8-3-23(17-29(25)30)20-34-13-11-27(32)12-14-34;25-21-5-3-19(4-6-21)23-14-26-13-20-2-1-18(11-22(20)23)15-27-9-7-17(8-10-27)12-24-16-28/h1-10,17,19-20,22,25H,11-16,18,21H2;1-10,17-19,27H,11-16,20,32H2;1-6,11,13-14,16-17H,7-10,12,15,25H2. The molecule has 0 aliphatic carbocycles. The number of rotatable bonds is 23. The van der Waals surface area contributed by atoms with Crippen LogP contribution in [0.15, 0.2) is 213 Å². The lowest BCUT2D eigenvalue weighted by atomic mass is 9.69. The molecule has 0 atom stereocenters. The van der Waals surface area contributed by atoms with Crippen molar-refractivity contribution >= 4 is 99.7 Å². The van der Waals surface area contributed by atoms with Crippen LogP contribution >= 0.6 is 23.2 Å². The molecule has 11 aromatic rings. The van der Waals surface area contributed by atoms with Gasteiger partial charge in [-0.25, -0.2) is 0 Å². The van der Waals surface area contributed by atoms with E-state index in [-0.39, 0.29) is 11.6 Å². The molecule has 510 valence electrons. The van der Waals surface area contributed by atoms with E-state index in [1.165, 1.54) is 45.7 Å². The molecular weight excluding hydrogens is 1290 g/mol. The van der Waals surface area contributed by atoms with E-state index in [2.05, 4.69) is 133 Å². The summed E-state index contributed by atoms with van der Waals surface area (Å²) in [6, 6.07) is 59.8. The first-order chi connectivity index (χ1) is 49.3. The monoisotopic (exact) mass is 1370 g/mol. The summed E-state index contributed by atoms with van der Waals surface area (Å²) in [7, 11) is 3.52. The Labute approximate surface area is 605 Å². The second-order valence-electron chi connectivity index (χ2n) is 27.5. The number of nitrogen functional groups attached to an aromatic ring is 1. The highest BCUT2D eigenvalue weighted by molar-refractivity contribution is 6.67. The van der Waals surface area contributed by atoms with E-state index in [0.717, 1.165) is 187 Å². The molecule has 6 heterocycles. The van der Waals surface area contributed by atoms with Crippen molar-refractivity contribution in [3.8, 4) is 33.4 Å². The highest BCUT2D eigenvalue weighted by atomic mass is 35.5. The maximum Gasteiger partial charge on any atom is 0.197 e. The van der Waals surface area contributed by atoms with Crippen molar-refractivity contribution in [2.45, 2.75) is 103 Å². The Bertz CT molecular complexity index is 4580. The van der Waals surface area contributed by atoms with Crippen molar-refractivity contribution in [2.75, 3.05) is 45.0 Å². The number of aromatic nitrogens is 3. The van der Waals surface area contributed by atoms with Crippen LogP contribution in [0.5, 0.6) is 0 Å². The molecule has 0 amide bonds. The number of piperidine rings is 3. The third kappa shape index (κ3) is 20.4. The normalized spacial score (nSPS) is 14.9. The molecule has 3 aliphatic rings. The molecule has 3 saturated heterocycles. The summed E-state index contributed by atoms with van der Waals surface area (Å²) in [6.07, 6.45) is 23.6. The number of Topliss-reactive ketones (excluding diaryl/α,β-unsaturated/α-hetero) is 2. The second-order valence-corrected chi connectivity index (χ2v) is 28.4. The van der Waals surface area contributed by atoms with Crippen LogP contribution in [0.4, 0.5) is 5.69 Å². The van der Waals surface area contributed by atoms with Crippen LogP contribution in [-0.4, -0.2) is 113 Å². The number of anilines is 1. The van der Waals surface area contributed by atoms with Gasteiger partial charge in [-0.15, -0.1) is 0 Å². The van der Waals surface area contributed by atoms with E-state index in [0.29, 0.717) is 53.6 Å². The molecule has 0 unspecified atom stereocenters. The van der Waals surface area contributed by atoms with E-state index in [4.69, 9.17) is 34.7 Å². The third-order valence-corrected chi connectivity index (χ3v) is 20.6. The number of nitrogens with zero attached hydrogens (tertiary/aromatic N) is 6. The quantitative estimate of drug-likeness (QED) is 0.0354. The van der Waals surface area contributed by atoms with Gasteiger partial charge in [0.2, 0.25) is 0 Å². The Balaban J connectivity index is 0.000000145. The summed E-state index contributed by atoms with van der Waals surface area (Å²) in [5, 5.41) is 8.40. The summed E-state index contributed by atoms with van der Waals surface area (Å²) >= 11 is 11.9. The van der Waals surface area contributed by atoms with E-state index in [9.17, 15) is 19.2 Å².